The molecule has 0 aliphatic rings. The summed E-state index contributed by atoms with van der Waals surface area (Å²) in [6, 6.07) is 0. The molecule has 0 saturated carbocycles. The average Bonchev–Trinajstić information content (AvgIpc) is 1.64. The molecule has 0 fully saturated rings. The molecule has 0 spiro atoms. The van der Waals surface area contributed by atoms with Gasteiger partial charge in [0.25, 0.3) is 3.79 Å². The van der Waals surface area contributed by atoms with Crippen LogP contribution in [0.2, 0.25) is 0 Å². The van der Waals surface area contributed by atoms with Crippen LogP contribution in [0.5, 0.6) is 0 Å². The molecule has 9 heavy (non-hydrogen) atoms. The average molecular weight is 208 g/mol. The predicted octanol–water partition coefficient (Wildman–Crippen LogP) is 2.68. The Morgan fingerprint density at radius 3 is 1.89 bits per heavy atom. The molecule has 0 unspecified atom stereocenters. The van der Waals surface area contributed by atoms with Gasteiger partial charge < -0.3 is 0 Å². The second-order valence-corrected chi connectivity index (χ2v) is 3.69. The van der Waals surface area contributed by atoms with Crippen molar-refractivity contribution in [1.29, 1.82) is 0 Å². The van der Waals surface area contributed by atoms with Crippen molar-refractivity contribution in [1.82, 2.24) is 0 Å². The molecule has 0 atom stereocenters. The molecule has 0 N–H and O–H groups in total. The van der Waals surface area contributed by atoms with E-state index in [0.29, 0.717) is 0 Å². The molecule has 0 bridgehead atoms. The standard InChI is InChI=1S/C4H2Cl4O/c5-2-1-3(9)4(6,7)8/h1-2H/b2-1+. The largest absolute Gasteiger partial charge is 0.290 e. The Bertz CT molecular complexity index is 134. The van der Waals surface area contributed by atoms with Gasteiger partial charge in [-0.15, -0.1) is 0 Å². The van der Waals surface area contributed by atoms with Gasteiger partial charge in [0.15, 0.2) is 0 Å². The van der Waals surface area contributed by atoms with Crippen LogP contribution in [0.25, 0.3) is 0 Å². The van der Waals surface area contributed by atoms with Gasteiger partial charge in [-0.05, 0) is 6.08 Å². The quantitative estimate of drug-likeness (QED) is 0.478. The Balaban J connectivity index is 4.06. The van der Waals surface area contributed by atoms with Gasteiger partial charge in [-0.3, -0.25) is 4.79 Å². The number of carbonyl (C=O) groups excluding carboxylic acids is 1. The van der Waals surface area contributed by atoms with Crippen LogP contribution in [0.1, 0.15) is 0 Å². The van der Waals surface area contributed by atoms with Crippen LogP contribution in [-0.2, 0) is 4.79 Å². The Kier molecular flexibility index (Phi) is 3.90. The molecule has 0 radical (unpaired) electrons. The number of allylic oxidation sites excluding steroid dienone is 1. The van der Waals surface area contributed by atoms with E-state index in [1.165, 1.54) is 0 Å². The lowest BCUT2D eigenvalue weighted by Gasteiger charge is -2.02. The van der Waals surface area contributed by atoms with Gasteiger partial charge in [-0.1, -0.05) is 46.4 Å². The highest BCUT2D eigenvalue weighted by atomic mass is 35.6. The number of alkyl halides is 3. The SMILES string of the molecule is O=C(/C=C/Cl)C(Cl)(Cl)Cl. The fourth-order valence-electron chi connectivity index (χ4n) is 0.152. The monoisotopic (exact) mass is 206 g/mol. The number of hydrogen-bond donors (Lipinski definition) is 0. The third-order valence-electron chi connectivity index (χ3n) is 0.494. The van der Waals surface area contributed by atoms with Crippen molar-refractivity contribution in [3.05, 3.63) is 11.6 Å². The van der Waals surface area contributed by atoms with Crippen molar-refractivity contribution >= 4 is 52.2 Å². The number of carbonyl (C=O) groups is 1. The summed E-state index contributed by atoms with van der Waals surface area (Å²) >= 11 is 20.4. The van der Waals surface area contributed by atoms with Gasteiger partial charge in [0.2, 0.25) is 5.78 Å². The zero-order chi connectivity index (χ0) is 7.49. The molecule has 0 aromatic heterocycles. The molecule has 52 valence electrons. The molecule has 0 saturated heterocycles. The minimum atomic E-state index is -1.88. The second-order valence-electron chi connectivity index (χ2n) is 1.15. The summed E-state index contributed by atoms with van der Waals surface area (Å²) < 4.78 is -1.88. The number of ketones is 1. The van der Waals surface area contributed by atoms with Gasteiger partial charge >= 0.3 is 0 Å². The van der Waals surface area contributed by atoms with E-state index >= 15 is 0 Å². The van der Waals surface area contributed by atoms with E-state index < -0.39 is 9.58 Å². The minimum absolute atomic E-state index is 0.650. The lowest BCUT2D eigenvalue weighted by atomic mass is 10.4. The fraction of sp³-hybridized carbons (Fsp3) is 0.250. The lowest BCUT2D eigenvalue weighted by molar-refractivity contribution is -0.113. The molecular formula is C4H2Cl4O. The third kappa shape index (κ3) is 4.04. The molecule has 0 aliphatic heterocycles. The van der Waals surface area contributed by atoms with Crippen molar-refractivity contribution in [2.45, 2.75) is 3.79 Å². The summed E-state index contributed by atoms with van der Waals surface area (Å²) in [5.41, 5.74) is 0.990. The van der Waals surface area contributed by atoms with E-state index in [2.05, 4.69) is 0 Å². The summed E-state index contributed by atoms with van der Waals surface area (Å²) in [4.78, 5) is 10.5. The van der Waals surface area contributed by atoms with Crippen LogP contribution >= 0.6 is 46.4 Å². The lowest BCUT2D eigenvalue weighted by Crippen LogP contribution is -2.15. The van der Waals surface area contributed by atoms with Gasteiger partial charge in [0.1, 0.15) is 0 Å². The summed E-state index contributed by atoms with van der Waals surface area (Å²) in [5.74, 6) is -0.650. The molecule has 0 amide bonds. The van der Waals surface area contributed by atoms with Gasteiger partial charge in [-0.25, -0.2) is 0 Å². The zero-order valence-corrected chi connectivity index (χ0v) is 7.10. The van der Waals surface area contributed by atoms with Crippen molar-refractivity contribution in [3.8, 4) is 0 Å². The van der Waals surface area contributed by atoms with Crippen molar-refractivity contribution < 1.29 is 4.79 Å². The van der Waals surface area contributed by atoms with Crippen molar-refractivity contribution in [3.63, 3.8) is 0 Å². The molecule has 5 heteroatoms. The smallest absolute Gasteiger partial charge is 0.252 e. The molecule has 0 heterocycles. The number of rotatable bonds is 1. The van der Waals surface area contributed by atoms with Crippen LogP contribution in [0.3, 0.4) is 0 Å². The molecule has 1 nitrogen and oxygen atoms in total. The summed E-state index contributed by atoms with van der Waals surface area (Å²) in [6.45, 7) is 0. The predicted molar refractivity (Wildman–Crippen MR) is 40.3 cm³/mol. The fourth-order valence-corrected chi connectivity index (χ4v) is 0.455. The second kappa shape index (κ2) is 3.67. The van der Waals surface area contributed by atoms with E-state index in [1.807, 2.05) is 0 Å². The summed E-state index contributed by atoms with van der Waals surface area (Å²) in [7, 11) is 0. The number of halogens is 4. The zero-order valence-electron chi connectivity index (χ0n) is 4.07. The Hall–Kier alpha value is 0.570. The van der Waals surface area contributed by atoms with E-state index in [4.69, 9.17) is 46.4 Å². The number of hydrogen-bond acceptors (Lipinski definition) is 1. The highest BCUT2D eigenvalue weighted by Gasteiger charge is 2.27. The topological polar surface area (TPSA) is 17.1 Å². The summed E-state index contributed by atoms with van der Waals surface area (Å²) in [5, 5.41) is 0. The molecule has 0 aromatic rings. The van der Waals surface area contributed by atoms with E-state index in [9.17, 15) is 4.79 Å². The van der Waals surface area contributed by atoms with E-state index in [1.54, 1.807) is 0 Å². The maximum Gasteiger partial charge on any atom is 0.252 e. The third-order valence-corrected chi connectivity index (χ3v) is 1.18. The van der Waals surface area contributed by atoms with Gasteiger partial charge in [0.05, 0.1) is 0 Å². The van der Waals surface area contributed by atoms with Crippen molar-refractivity contribution in [2.24, 2.45) is 0 Å². The molecular weight excluding hydrogens is 206 g/mol. The van der Waals surface area contributed by atoms with Crippen LogP contribution in [0.4, 0.5) is 0 Å². The maximum atomic E-state index is 10.5. The van der Waals surface area contributed by atoms with E-state index in [0.717, 1.165) is 11.6 Å². The normalized spacial score (nSPS) is 12.4. The first-order valence-corrected chi connectivity index (χ1v) is 3.43. The summed E-state index contributed by atoms with van der Waals surface area (Å²) in [6.07, 6.45) is 0.981. The highest BCUT2D eigenvalue weighted by Crippen LogP contribution is 2.27. The minimum Gasteiger partial charge on any atom is -0.290 e. The Morgan fingerprint density at radius 2 is 1.78 bits per heavy atom. The van der Waals surface area contributed by atoms with Crippen LogP contribution < -0.4 is 0 Å². The van der Waals surface area contributed by atoms with Crippen molar-refractivity contribution in [2.75, 3.05) is 0 Å². The first kappa shape index (κ1) is 9.57. The first-order valence-electron chi connectivity index (χ1n) is 1.86. The molecule has 0 aliphatic carbocycles. The first-order chi connectivity index (χ1) is 3.98. The highest BCUT2D eigenvalue weighted by molar-refractivity contribution is 6.77. The van der Waals surface area contributed by atoms with Gasteiger partial charge in [-0.2, -0.15) is 0 Å². The van der Waals surface area contributed by atoms with Crippen LogP contribution in [0, 0.1) is 0 Å². The Labute approximate surface area is 72.5 Å². The van der Waals surface area contributed by atoms with Crippen LogP contribution in [-0.4, -0.2) is 9.58 Å². The Morgan fingerprint density at radius 1 is 1.33 bits per heavy atom. The van der Waals surface area contributed by atoms with E-state index in [-0.39, 0.29) is 0 Å². The van der Waals surface area contributed by atoms with Crippen LogP contribution in [0.15, 0.2) is 11.6 Å². The van der Waals surface area contributed by atoms with Gasteiger partial charge in [0, 0.05) is 5.54 Å². The maximum absolute atomic E-state index is 10.5. The molecule has 0 rings (SSSR count). The molecule has 0 aromatic carbocycles.